The second kappa shape index (κ2) is 7.38. The van der Waals surface area contributed by atoms with Crippen LogP contribution in [0.25, 0.3) is 0 Å². The molecule has 0 radical (unpaired) electrons. The molecule has 22 heavy (non-hydrogen) atoms. The van der Waals surface area contributed by atoms with Crippen molar-refractivity contribution >= 4 is 11.9 Å². The lowest BCUT2D eigenvalue weighted by Crippen LogP contribution is -2.39. The number of esters is 1. The number of aryl methyl sites for hydroxylation is 1. The Balaban J connectivity index is 1.78. The van der Waals surface area contributed by atoms with Gasteiger partial charge in [0.2, 0.25) is 0 Å². The summed E-state index contributed by atoms with van der Waals surface area (Å²) < 4.78 is 18.3. The third-order valence-corrected chi connectivity index (χ3v) is 4.12. The topological polar surface area (TPSA) is 55.4 Å². The van der Waals surface area contributed by atoms with Gasteiger partial charge in [0.1, 0.15) is 5.82 Å². The molecule has 0 unspecified atom stereocenters. The molecule has 0 atom stereocenters. The molecule has 0 spiro atoms. The predicted octanol–water partition coefficient (Wildman–Crippen LogP) is 2.99. The van der Waals surface area contributed by atoms with Crippen molar-refractivity contribution in [3.63, 3.8) is 0 Å². The van der Waals surface area contributed by atoms with Crippen LogP contribution in [0, 0.1) is 18.7 Å². The molecule has 1 aliphatic rings. The normalized spacial score (nSPS) is 21.2. The van der Waals surface area contributed by atoms with Crippen LogP contribution in [-0.2, 0) is 9.53 Å². The summed E-state index contributed by atoms with van der Waals surface area (Å²) in [4.78, 5) is 23.6. The molecule has 0 heterocycles. The molecule has 0 saturated heterocycles. The summed E-state index contributed by atoms with van der Waals surface area (Å²) >= 11 is 0. The largest absolute Gasteiger partial charge is 0.452 e. The summed E-state index contributed by atoms with van der Waals surface area (Å²) in [5, 5.41) is 2.88. The van der Waals surface area contributed by atoms with Crippen LogP contribution in [0.3, 0.4) is 0 Å². The van der Waals surface area contributed by atoms with Crippen LogP contribution in [0.15, 0.2) is 18.2 Å². The van der Waals surface area contributed by atoms with E-state index >= 15 is 0 Å². The Bertz CT molecular complexity index is 551. The number of halogens is 1. The van der Waals surface area contributed by atoms with E-state index in [4.69, 9.17) is 4.74 Å². The van der Waals surface area contributed by atoms with E-state index in [9.17, 15) is 14.0 Å². The van der Waals surface area contributed by atoms with Crippen LogP contribution in [0.2, 0.25) is 0 Å². The zero-order chi connectivity index (χ0) is 16.1. The van der Waals surface area contributed by atoms with Crippen LogP contribution in [0.1, 0.15) is 48.5 Å². The molecule has 5 heteroatoms. The molecule has 0 bridgehead atoms. The Hall–Kier alpha value is -1.91. The van der Waals surface area contributed by atoms with Crippen molar-refractivity contribution in [2.24, 2.45) is 5.92 Å². The molecule has 1 N–H and O–H groups in total. The van der Waals surface area contributed by atoms with Crippen LogP contribution in [0.4, 0.5) is 4.39 Å². The number of nitrogens with one attached hydrogen (secondary N) is 1. The lowest BCUT2D eigenvalue weighted by Gasteiger charge is -2.26. The van der Waals surface area contributed by atoms with Crippen molar-refractivity contribution < 1.29 is 18.7 Å². The number of benzene rings is 1. The smallest absolute Gasteiger partial charge is 0.338 e. The molecule has 1 amide bonds. The molecular formula is C17H22FNO3. The summed E-state index contributed by atoms with van der Waals surface area (Å²) in [6.45, 7) is 3.49. The highest BCUT2D eigenvalue weighted by atomic mass is 19.1. The third-order valence-electron chi connectivity index (χ3n) is 4.12. The average Bonchev–Trinajstić information content (AvgIpc) is 2.50. The van der Waals surface area contributed by atoms with Crippen molar-refractivity contribution in [3.05, 3.63) is 35.1 Å². The standard InChI is InChI=1S/C17H22FNO3/c1-11-3-7-14(8-4-11)19-16(20)10-22-17(21)13-6-5-12(2)15(18)9-13/h5-6,9,11,14H,3-4,7-8,10H2,1-2H3,(H,19,20). The van der Waals surface area contributed by atoms with Crippen molar-refractivity contribution in [1.29, 1.82) is 0 Å². The highest BCUT2D eigenvalue weighted by Crippen LogP contribution is 2.23. The second-order valence-corrected chi connectivity index (χ2v) is 6.06. The quantitative estimate of drug-likeness (QED) is 0.870. The Morgan fingerprint density at radius 1 is 1.27 bits per heavy atom. The highest BCUT2D eigenvalue weighted by molar-refractivity contribution is 5.91. The number of rotatable bonds is 4. The Morgan fingerprint density at radius 2 is 1.95 bits per heavy atom. The average molecular weight is 307 g/mol. The van der Waals surface area contributed by atoms with Gasteiger partial charge in [0.05, 0.1) is 5.56 Å². The first-order valence-corrected chi connectivity index (χ1v) is 7.68. The van der Waals surface area contributed by atoms with Gasteiger partial charge in [-0.2, -0.15) is 0 Å². The predicted molar refractivity (Wildman–Crippen MR) is 81.0 cm³/mol. The highest BCUT2D eigenvalue weighted by Gasteiger charge is 2.20. The van der Waals surface area contributed by atoms with Crippen LogP contribution in [0.5, 0.6) is 0 Å². The SMILES string of the molecule is Cc1ccc(C(=O)OCC(=O)NC2CCC(C)CC2)cc1F. The fraction of sp³-hybridized carbons (Fsp3) is 0.529. The molecule has 1 aromatic carbocycles. The number of amides is 1. The fourth-order valence-electron chi connectivity index (χ4n) is 2.61. The summed E-state index contributed by atoms with van der Waals surface area (Å²) in [6.07, 6.45) is 4.13. The first-order valence-electron chi connectivity index (χ1n) is 7.68. The van der Waals surface area contributed by atoms with E-state index in [1.165, 1.54) is 12.1 Å². The lowest BCUT2D eigenvalue weighted by atomic mass is 9.87. The third kappa shape index (κ3) is 4.55. The summed E-state index contributed by atoms with van der Waals surface area (Å²) in [6, 6.07) is 4.29. The van der Waals surface area contributed by atoms with Crippen LogP contribution in [-0.4, -0.2) is 24.5 Å². The van der Waals surface area contributed by atoms with Gasteiger partial charge in [0.15, 0.2) is 6.61 Å². The van der Waals surface area contributed by atoms with E-state index < -0.39 is 11.8 Å². The van der Waals surface area contributed by atoms with Gasteiger partial charge in [-0.3, -0.25) is 4.79 Å². The van der Waals surface area contributed by atoms with Gasteiger partial charge in [-0.05, 0) is 56.2 Å². The molecule has 0 aromatic heterocycles. The Labute approximate surface area is 130 Å². The molecule has 2 rings (SSSR count). The minimum absolute atomic E-state index is 0.113. The van der Waals surface area contributed by atoms with E-state index in [1.807, 2.05) is 0 Å². The lowest BCUT2D eigenvalue weighted by molar-refractivity contribution is -0.125. The van der Waals surface area contributed by atoms with E-state index in [1.54, 1.807) is 6.92 Å². The van der Waals surface area contributed by atoms with Gasteiger partial charge in [0, 0.05) is 6.04 Å². The summed E-state index contributed by atoms with van der Waals surface area (Å²) in [5.41, 5.74) is 0.572. The fourth-order valence-corrected chi connectivity index (χ4v) is 2.61. The maximum atomic E-state index is 13.4. The Kier molecular flexibility index (Phi) is 5.52. The van der Waals surface area contributed by atoms with E-state index in [2.05, 4.69) is 12.2 Å². The monoisotopic (exact) mass is 307 g/mol. The van der Waals surface area contributed by atoms with Crippen molar-refractivity contribution in [1.82, 2.24) is 5.32 Å². The Morgan fingerprint density at radius 3 is 2.59 bits per heavy atom. The maximum absolute atomic E-state index is 13.4. The van der Waals surface area contributed by atoms with E-state index in [0.29, 0.717) is 11.5 Å². The summed E-state index contributed by atoms with van der Waals surface area (Å²) in [7, 11) is 0. The minimum Gasteiger partial charge on any atom is -0.452 e. The molecule has 0 aliphatic heterocycles. The molecular weight excluding hydrogens is 285 g/mol. The van der Waals surface area contributed by atoms with Crippen LogP contribution >= 0.6 is 0 Å². The van der Waals surface area contributed by atoms with Gasteiger partial charge in [-0.25, -0.2) is 9.18 Å². The summed E-state index contributed by atoms with van der Waals surface area (Å²) in [5.74, 6) is -0.746. The molecule has 1 saturated carbocycles. The van der Waals surface area contributed by atoms with Gasteiger partial charge >= 0.3 is 5.97 Å². The van der Waals surface area contributed by atoms with Crippen molar-refractivity contribution in [3.8, 4) is 0 Å². The number of carbonyl (C=O) groups excluding carboxylic acids is 2. The maximum Gasteiger partial charge on any atom is 0.338 e. The van der Waals surface area contributed by atoms with Gasteiger partial charge in [0.25, 0.3) is 5.91 Å². The number of ether oxygens (including phenoxy) is 1. The molecule has 120 valence electrons. The molecule has 1 fully saturated rings. The molecule has 1 aromatic rings. The van der Waals surface area contributed by atoms with Gasteiger partial charge < -0.3 is 10.1 Å². The number of hydrogen-bond donors (Lipinski definition) is 1. The van der Waals surface area contributed by atoms with E-state index in [0.717, 1.165) is 31.7 Å². The van der Waals surface area contributed by atoms with Gasteiger partial charge in [-0.15, -0.1) is 0 Å². The van der Waals surface area contributed by atoms with Crippen LogP contribution < -0.4 is 5.32 Å². The zero-order valence-electron chi connectivity index (χ0n) is 13.0. The first-order chi connectivity index (χ1) is 10.5. The van der Waals surface area contributed by atoms with Crippen molar-refractivity contribution in [2.75, 3.05) is 6.61 Å². The zero-order valence-corrected chi connectivity index (χ0v) is 13.0. The minimum atomic E-state index is -0.689. The number of carbonyl (C=O) groups is 2. The number of hydrogen-bond acceptors (Lipinski definition) is 3. The molecule has 1 aliphatic carbocycles. The molecule has 4 nitrogen and oxygen atoms in total. The van der Waals surface area contributed by atoms with Gasteiger partial charge in [-0.1, -0.05) is 13.0 Å². The first kappa shape index (κ1) is 16.5. The van der Waals surface area contributed by atoms with E-state index in [-0.39, 0.29) is 24.1 Å². The van der Waals surface area contributed by atoms with Crippen molar-refractivity contribution in [2.45, 2.75) is 45.6 Å². The second-order valence-electron chi connectivity index (χ2n) is 6.06.